The maximum atomic E-state index is 12.8. The standard InChI is InChI=1S/C17H22F3NO2/c1-3-7-23-15-6-5-13-8-12(4-2)16(22)21(10-14(13)9-15)11-17(18,19)20/h5-6,9,12H,3-4,7-8,10-11H2,1-2H3. The van der Waals surface area contributed by atoms with E-state index in [4.69, 9.17) is 4.74 Å². The quantitative estimate of drug-likeness (QED) is 0.819. The van der Waals surface area contributed by atoms with Crippen LogP contribution in [0.4, 0.5) is 13.2 Å². The van der Waals surface area contributed by atoms with Crippen LogP contribution in [-0.2, 0) is 17.8 Å². The second kappa shape index (κ2) is 7.23. The first kappa shape index (κ1) is 17.6. The third-order valence-corrected chi connectivity index (χ3v) is 4.00. The molecule has 2 rings (SSSR count). The number of halogens is 3. The lowest BCUT2D eigenvalue weighted by Crippen LogP contribution is -2.40. The topological polar surface area (TPSA) is 29.5 Å². The van der Waals surface area contributed by atoms with Gasteiger partial charge in [-0.15, -0.1) is 0 Å². The maximum Gasteiger partial charge on any atom is 0.406 e. The van der Waals surface area contributed by atoms with Gasteiger partial charge in [-0.1, -0.05) is 19.9 Å². The summed E-state index contributed by atoms with van der Waals surface area (Å²) in [6, 6.07) is 5.46. The van der Waals surface area contributed by atoms with Gasteiger partial charge < -0.3 is 9.64 Å². The Morgan fingerprint density at radius 1 is 1.26 bits per heavy atom. The molecule has 6 heteroatoms. The van der Waals surface area contributed by atoms with E-state index in [1.807, 2.05) is 26.0 Å². The van der Waals surface area contributed by atoms with Gasteiger partial charge in [0.2, 0.25) is 5.91 Å². The molecule has 3 nitrogen and oxygen atoms in total. The first-order valence-electron chi connectivity index (χ1n) is 7.94. The molecule has 0 saturated heterocycles. The first-order chi connectivity index (χ1) is 10.8. The summed E-state index contributed by atoms with van der Waals surface area (Å²) in [6.07, 6.45) is -2.53. The lowest BCUT2D eigenvalue weighted by molar-refractivity contribution is -0.164. The van der Waals surface area contributed by atoms with Crippen LogP contribution in [0.2, 0.25) is 0 Å². The van der Waals surface area contributed by atoms with Crippen LogP contribution in [0, 0.1) is 5.92 Å². The van der Waals surface area contributed by atoms with E-state index >= 15 is 0 Å². The fourth-order valence-corrected chi connectivity index (χ4v) is 2.82. The van der Waals surface area contributed by atoms with Crippen molar-refractivity contribution < 1.29 is 22.7 Å². The third kappa shape index (κ3) is 4.62. The smallest absolute Gasteiger partial charge is 0.406 e. The fourth-order valence-electron chi connectivity index (χ4n) is 2.82. The third-order valence-electron chi connectivity index (χ3n) is 4.00. The van der Waals surface area contributed by atoms with E-state index in [0.717, 1.165) is 22.4 Å². The summed E-state index contributed by atoms with van der Waals surface area (Å²) in [6.45, 7) is 3.15. The van der Waals surface area contributed by atoms with Gasteiger partial charge in [0.05, 0.1) is 6.61 Å². The predicted octanol–water partition coefficient (Wildman–Crippen LogP) is 3.95. The lowest BCUT2D eigenvalue weighted by atomic mass is 9.95. The molecule has 1 aromatic rings. The number of alkyl halides is 3. The molecule has 1 aliphatic heterocycles. The van der Waals surface area contributed by atoms with E-state index < -0.39 is 24.5 Å². The minimum absolute atomic E-state index is 0.0203. The highest BCUT2D eigenvalue weighted by Crippen LogP contribution is 2.30. The number of hydrogen-bond acceptors (Lipinski definition) is 2. The van der Waals surface area contributed by atoms with E-state index in [1.54, 1.807) is 6.07 Å². The molecule has 1 amide bonds. The molecule has 0 bridgehead atoms. The number of benzene rings is 1. The highest BCUT2D eigenvalue weighted by Gasteiger charge is 2.37. The van der Waals surface area contributed by atoms with Crippen LogP contribution in [-0.4, -0.2) is 30.1 Å². The van der Waals surface area contributed by atoms with Gasteiger partial charge in [-0.25, -0.2) is 0 Å². The molecule has 128 valence electrons. The highest BCUT2D eigenvalue weighted by atomic mass is 19.4. The molecule has 1 heterocycles. The molecule has 0 aromatic heterocycles. The minimum Gasteiger partial charge on any atom is -0.494 e. The normalized spacial score (nSPS) is 18.6. The molecule has 1 aromatic carbocycles. The van der Waals surface area contributed by atoms with Crippen molar-refractivity contribution in [3.05, 3.63) is 29.3 Å². The molecule has 0 saturated carbocycles. The Labute approximate surface area is 134 Å². The van der Waals surface area contributed by atoms with Crippen LogP contribution >= 0.6 is 0 Å². The van der Waals surface area contributed by atoms with Crippen molar-refractivity contribution in [1.82, 2.24) is 4.90 Å². The average molecular weight is 329 g/mol. The summed E-state index contributed by atoms with van der Waals surface area (Å²) in [5.41, 5.74) is 1.67. The molecule has 0 aliphatic carbocycles. The Hall–Kier alpha value is -1.72. The lowest BCUT2D eigenvalue weighted by Gasteiger charge is -2.25. The molecule has 0 radical (unpaired) electrons. The minimum atomic E-state index is -4.39. The zero-order chi connectivity index (χ0) is 17.0. The van der Waals surface area contributed by atoms with Crippen molar-refractivity contribution in [1.29, 1.82) is 0 Å². The Balaban J connectivity index is 2.30. The van der Waals surface area contributed by atoms with Crippen molar-refractivity contribution in [3.63, 3.8) is 0 Å². The summed E-state index contributed by atoms with van der Waals surface area (Å²) in [7, 11) is 0. The van der Waals surface area contributed by atoms with Gasteiger partial charge in [-0.3, -0.25) is 4.79 Å². The van der Waals surface area contributed by atoms with Crippen molar-refractivity contribution in [3.8, 4) is 5.75 Å². The van der Waals surface area contributed by atoms with Gasteiger partial charge in [0.1, 0.15) is 12.3 Å². The Bertz CT molecular complexity index is 557. The van der Waals surface area contributed by atoms with Gasteiger partial charge in [-0.2, -0.15) is 13.2 Å². The van der Waals surface area contributed by atoms with Crippen LogP contribution in [0.15, 0.2) is 18.2 Å². The fraction of sp³-hybridized carbons (Fsp3) is 0.588. The Morgan fingerprint density at radius 3 is 2.61 bits per heavy atom. The number of amides is 1. The van der Waals surface area contributed by atoms with Crippen molar-refractivity contribution in [2.45, 2.75) is 45.8 Å². The number of nitrogens with zero attached hydrogens (tertiary/aromatic N) is 1. The molecule has 23 heavy (non-hydrogen) atoms. The first-order valence-corrected chi connectivity index (χ1v) is 7.94. The highest BCUT2D eigenvalue weighted by molar-refractivity contribution is 5.80. The van der Waals surface area contributed by atoms with Gasteiger partial charge in [-0.05, 0) is 42.5 Å². The SMILES string of the molecule is CCCOc1ccc2c(c1)CN(CC(F)(F)F)C(=O)C(CC)C2. The summed E-state index contributed by atoms with van der Waals surface area (Å²) < 4.78 is 43.9. The molecular weight excluding hydrogens is 307 g/mol. The number of carbonyl (C=O) groups excluding carboxylic acids is 1. The van der Waals surface area contributed by atoms with Gasteiger partial charge in [0.15, 0.2) is 0 Å². The molecule has 0 spiro atoms. The van der Waals surface area contributed by atoms with Crippen LogP contribution < -0.4 is 4.74 Å². The number of fused-ring (bicyclic) bond motifs is 1. The van der Waals surface area contributed by atoms with Gasteiger partial charge in [0, 0.05) is 12.5 Å². The number of rotatable bonds is 5. The summed E-state index contributed by atoms with van der Waals surface area (Å²) in [4.78, 5) is 13.3. The van der Waals surface area contributed by atoms with E-state index in [9.17, 15) is 18.0 Å². The van der Waals surface area contributed by atoms with Crippen LogP contribution in [0.3, 0.4) is 0 Å². The Morgan fingerprint density at radius 2 is 2.00 bits per heavy atom. The molecule has 1 aliphatic rings. The van der Waals surface area contributed by atoms with Crippen molar-refractivity contribution in [2.75, 3.05) is 13.2 Å². The predicted molar refractivity (Wildman–Crippen MR) is 81.2 cm³/mol. The molecule has 0 fully saturated rings. The van der Waals surface area contributed by atoms with Gasteiger partial charge >= 0.3 is 6.18 Å². The van der Waals surface area contributed by atoms with E-state index in [-0.39, 0.29) is 6.54 Å². The van der Waals surface area contributed by atoms with Gasteiger partial charge in [0.25, 0.3) is 0 Å². The van der Waals surface area contributed by atoms with Crippen LogP contribution in [0.25, 0.3) is 0 Å². The maximum absolute atomic E-state index is 12.8. The Kier molecular flexibility index (Phi) is 5.55. The molecule has 1 unspecified atom stereocenters. The second-order valence-corrected chi connectivity index (χ2v) is 5.90. The van der Waals surface area contributed by atoms with E-state index in [1.165, 1.54) is 0 Å². The largest absolute Gasteiger partial charge is 0.494 e. The molecule has 0 N–H and O–H groups in total. The molecular formula is C17H22F3NO2. The monoisotopic (exact) mass is 329 g/mol. The summed E-state index contributed by atoms with van der Waals surface area (Å²) in [5.74, 6) is -0.182. The summed E-state index contributed by atoms with van der Waals surface area (Å²) >= 11 is 0. The summed E-state index contributed by atoms with van der Waals surface area (Å²) in [5, 5.41) is 0. The zero-order valence-corrected chi connectivity index (χ0v) is 13.4. The van der Waals surface area contributed by atoms with Crippen molar-refractivity contribution >= 4 is 5.91 Å². The van der Waals surface area contributed by atoms with E-state index in [0.29, 0.717) is 25.2 Å². The molecule has 1 atom stereocenters. The van der Waals surface area contributed by atoms with Crippen molar-refractivity contribution in [2.24, 2.45) is 5.92 Å². The number of ether oxygens (including phenoxy) is 1. The van der Waals surface area contributed by atoms with E-state index in [2.05, 4.69) is 0 Å². The van der Waals surface area contributed by atoms with Crippen LogP contribution in [0.1, 0.15) is 37.8 Å². The zero-order valence-electron chi connectivity index (χ0n) is 13.4. The van der Waals surface area contributed by atoms with Crippen LogP contribution in [0.5, 0.6) is 5.75 Å². The second-order valence-electron chi connectivity index (χ2n) is 5.90. The number of carbonyl (C=O) groups is 1. The number of hydrogen-bond donors (Lipinski definition) is 0. The average Bonchev–Trinajstić information content (AvgIpc) is 2.61.